The summed E-state index contributed by atoms with van der Waals surface area (Å²) in [6.45, 7) is 5.43. The Labute approximate surface area is 122 Å². The lowest BCUT2D eigenvalue weighted by Crippen LogP contribution is -2.26. The zero-order valence-electron chi connectivity index (χ0n) is 12.5. The molecule has 4 heteroatoms. The van der Waals surface area contributed by atoms with Crippen LogP contribution in [0.2, 0.25) is 0 Å². The van der Waals surface area contributed by atoms with Crippen LogP contribution >= 0.6 is 0 Å². The molecule has 2 aliphatic rings. The molecule has 1 aromatic heterocycles. The van der Waals surface area contributed by atoms with Crippen molar-refractivity contribution in [2.24, 2.45) is 5.92 Å². The van der Waals surface area contributed by atoms with Gasteiger partial charge in [-0.05, 0) is 38.0 Å². The number of aromatic nitrogens is 2. The van der Waals surface area contributed by atoms with Crippen LogP contribution in [0.5, 0.6) is 0 Å². The van der Waals surface area contributed by atoms with E-state index in [1.807, 2.05) is 12.4 Å². The Balaban J connectivity index is 1.55. The molecular weight excluding hydrogens is 248 g/mol. The van der Waals surface area contributed by atoms with Crippen LogP contribution in [0.3, 0.4) is 0 Å². The van der Waals surface area contributed by atoms with E-state index in [4.69, 9.17) is 0 Å². The normalized spacial score (nSPS) is 23.6. The monoisotopic (exact) mass is 274 g/mol. The minimum atomic E-state index is 0.742. The van der Waals surface area contributed by atoms with Crippen molar-refractivity contribution >= 4 is 5.95 Å². The summed E-state index contributed by atoms with van der Waals surface area (Å²) in [6, 6.07) is 0.742. The summed E-state index contributed by atoms with van der Waals surface area (Å²) >= 11 is 0. The number of hydrogen-bond donors (Lipinski definition) is 1. The highest BCUT2D eigenvalue weighted by molar-refractivity contribution is 5.30. The third-order valence-electron chi connectivity index (χ3n) is 4.57. The lowest BCUT2D eigenvalue weighted by Gasteiger charge is -2.20. The molecule has 1 atom stereocenters. The van der Waals surface area contributed by atoms with Gasteiger partial charge in [-0.2, -0.15) is 0 Å². The molecule has 1 aromatic rings. The summed E-state index contributed by atoms with van der Waals surface area (Å²) < 4.78 is 0. The molecule has 0 aromatic carbocycles. The molecule has 1 aliphatic heterocycles. The zero-order valence-corrected chi connectivity index (χ0v) is 12.5. The summed E-state index contributed by atoms with van der Waals surface area (Å²) in [4.78, 5) is 11.5. The Morgan fingerprint density at radius 1 is 1.15 bits per heavy atom. The zero-order chi connectivity index (χ0) is 13.8. The molecule has 1 N–H and O–H groups in total. The second-order valence-corrected chi connectivity index (χ2v) is 6.24. The number of hydrogen-bond acceptors (Lipinski definition) is 4. The van der Waals surface area contributed by atoms with Gasteiger partial charge in [0.2, 0.25) is 5.95 Å². The Morgan fingerprint density at radius 3 is 2.65 bits per heavy atom. The van der Waals surface area contributed by atoms with Gasteiger partial charge in [0.25, 0.3) is 0 Å². The molecule has 1 saturated carbocycles. The fourth-order valence-corrected chi connectivity index (χ4v) is 2.93. The maximum Gasteiger partial charge on any atom is 0.225 e. The number of rotatable bonds is 5. The van der Waals surface area contributed by atoms with Crippen LogP contribution in [0, 0.1) is 5.92 Å². The highest BCUT2D eigenvalue weighted by Crippen LogP contribution is 2.22. The van der Waals surface area contributed by atoms with Crippen molar-refractivity contribution in [1.29, 1.82) is 0 Å². The van der Waals surface area contributed by atoms with Crippen LogP contribution in [-0.4, -0.2) is 29.1 Å². The Hall–Kier alpha value is -1.16. The Morgan fingerprint density at radius 2 is 1.95 bits per heavy atom. The summed E-state index contributed by atoms with van der Waals surface area (Å²) in [6.07, 6.45) is 11.8. The molecule has 3 rings (SSSR count). The van der Waals surface area contributed by atoms with E-state index in [0.717, 1.165) is 37.5 Å². The average molecular weight is 274 g/mol. The number of nitrogens with one attached hydrogen (secondary N) is 1. The summed E-state index contributed by atoms with van der Waals surface area (Å²) in [5, 5.41) is 3.50. The minimum absolute atomic E-state index is 0.742. The summed E-state index contributed by atoms with van der Waals surface area (Å²) in [7, 11) is 0. The number of nitrogens with zero attached hydrogens (tertiary/aromatic N) is 3. The van der Waals surface area contributed by atoms with Gasteiger partial charge in [0.15, 0.2) is 0 Å². The molecule has 2 fully saturated rings. The molecule has 20 heavy (non-hydrogen) atoms. The largest absolute Gasteiger partial charge is 0.341 e. The minimum Gasteiger partial charge on any atom is -0.341 e. The maximum absolute atomic E-state index is 4.57. The highest BCUT2D eigenvalue weighted by atomic mass is 15.2. The van der Waals surface area contributed by atoms with Gasteiger partial charge in [-0.25, -0.2) is 9.97 Å². The van der Waals surface area contributed by atoms with E-state index >= 15 is 0 Å². The molecule has 0 amide bonds. The first kappa shape index (κ1) is 13.8. The van der Waals surface area contributed by atoms with E-state index in [9.17, 15) is 0 Å². The molecule has 110 valence electrons. The molecule has 1 unspecified atom stereocenters. The van der Waals surface area contributed by atoms with Crippen LogP contribution in [0.4, 0.5) is 5.95 Å². The van der Waals surface area contributed by atoms with E-state index in [1.165, 1.54) is 44.1 Å². The van der Waals surface area contributed by atoms with Gasteiger partial charge in [0.1, 0.15) is 0 Å². The van der Waals surface area contributed by atoms with Gasteiger partial charge >= 0.3 is 0 Å². The van der Waals surface area contributed by atoms with Crippen molar-refractivity contribution in [3.05, 3.63) is 18.0 Å². The van der Waals surface area contributed by atoms with Gasteiger partial charge < -0.3 is 10.2 Å². The molecule has 2 heterocycles. The summed E-state index contributed by atoms with van der Waals surface area (Å²) in [5.74, 6) is 1.80. The van der Waals surface area contributed by atoms with Crippen molar-refractivity contribution in [3.8, 4) is 0 Å². The van der Waals surface area contributed by atoms with Crippen molar-refractivity contribution in [2.45, 2.75) is 58.0 Å². The van der Waals surface area contributed by atoms with Gasteiger partial charge in [-0.3, -0.25) is 0 Å². The Bertz CT molecular complexity index is 413. The fraction of sp³-hybridized carbons (Fsp3) is 0.750. The van der Waals surface area contributed by atoms with Crippen LogP contribution in [0.15, 0.2) is 12.4 Å². The van der Waals surface area contributed by atoms with Crippen molar-refractivity contribution in [2.75, 3.05) is 18.0 Å². The van der Waals surface area contributed by atoms with Crippen LogP contribution in [-0.2, 0) is 6.54 Å². The van der Waals surface area contributed by atoms with Crippen LogP contribution < -0.4 is 10.2 Å². The summed E-state index contributed by atoms with van der Waals surface area (Å²) in [5.41, 5.74) is 1.20. The molecule has 0 spiro atoms. The smallest absolute Gasteiger partial charge is 0.225 e. The van der Waals surface area contributed by atoms with Crippen LogP contribution in [0.1, 0.15) is 51.0 Å². The quantitative estimate of drug-likeness (QED) is 0.896. The first-order valence-corrected chi connectivity index (χ1v) is 8.14. The molecule has 1 aliphatic carbocycles. The predicted octanol–water partition coefficient (Wildman–Crippen LogP) is 2.75. The topological polar surface area (TPSA) is 41.1 Å². The molecule has 4 nitrogen and oxygen atoms in total. The van der Waals surface area contributed by atoms with E-state index in [2.05, 4.69) is 27.1 Å². The number of anilines is 1. The van der Waals surface area contributed by atoms with Crippen molar-refractivity contribution < 1.29 is 0 Å². The second-order valence-electron chi connectivity index (χ2n) is 6.24. The first-order chi connectivity index (χ1) is 9.85. The predicted molar refractivity (Wildman–Crippen MR) is 81.7 cm³/mol. The third kappa shape index (κ3) is 3.69. The van der Waals surface area contributed by atoms with Gasteiger partial charge in [0.05, 0.1) is 0 Å². The SMILES string of the molecule is CCC1CCCN(c2ncc(CNC3CC3)cn2)CC1. The lowest BCUT2D eigenvalue weighted by atomic mass is 9.98. The maximum atomic E-state index is 4.57. The second kappa shape index (κ2) is 6.53. The van der Waals surface area contributed by atoms with E-state index in [0.29, 0.717) is 0 Å². The fourth-order valence-electron chi connectivity index (χ4n) is 2.93. The standard InChI is InChI=1S/C16H26N4/c1-2-13-4-3-8-20(9-7-13)16-18-11-14(12-19-16)10-17-15-5-6-15/h11-13,15,17H,2-10H2,1H3. The van der Waals surface area contributed by atoms with E-state index in [1.54, 1.807) is 0 Å². The molecule has 0 bridgehead atoms. The third-order valence-corrected chi connectivity index (χ3v) is 4.57. The molecule has 1 saturated heterocycles. The average Bonchev–Trinajstić information content (AvgIpc) is 3.32. The van der Waals surface area contributed by atoms with E-state index in [-0.39, 0.29) is 0 Å². The lowest BCUT2D eigenvalue weighted by molar-refractivity contribution is 0.459. The highest BCUT2D eigenvalue weighted by Gasteiger charge is 2.20. The Kier molecular flexibility index (Phi) is 4.51. The van der Waals surface area contributed by atoms with Gasteiger partial charge in [0, 0.05) is 43.6 Å². The van der Waals surface area contributed by atoms with Crippen molar-refractivity contribution in [1.82, 2.24) is 15.3 Å². The first-order valence-electron chi connectivity index (χ1n) is 8.14. The van der Waals surface area contributed by atoms with Gasteiger partial charge in [-0.1, -0.05) is 13.3 Å². The van der Waals surface area contributed by atoms with E-state index < -0.39 is 0 Å². The molecule has 0 radical (unpaired) electrons. The molecular formula is C16H26N4. The van der Waals surface area contributed by atoms with Crippen LogP contribution in [0.25, 0.3) is 0 Å². The van der Waals surface area contributed by atoms with Crippen molar-refractivity contribution in [3.63, 3.8) is 0 Å². The van der Waals surface area contributed by atoms with Gasteiger partial charge in [-0.15, -0.1) is 0 Å².